The average molecular weight is 280 g/mol. The molecule has 0 aliphatic carbocycles. The summed E-state index contributed by atoms with van der Waals surface area (Å²) in [6.45, 7) is 1.46. The van der Waals surface area contributed by atoms with Gasteiger partial charge >= 0.3 is 5.97 Å². The lowest BCUT2D eigenvalue weighted by atomic mass is 10.2. The summed E-state index contributed by atoms with van der Waals surface area (Å²) in [6, 6.07) is 5.44. The van der Waals surface area contributed by atoms with Gasteiger partial charge in [0.2, 0.25) is 0 Å². The van der Waals surface area contributed by atoms with E-state index in [1.165, 1.54) is 0 Å². The molecule has 2 heterocycles. The van der Waals surface area contributed by atoms with E-state index in [0.29, 0.717) is 17.0 Å². The number of halogens is 1. The highest BCUT2D eigenvalue weighted by Crippen LogP contribution is 2.29. The van der Waals surface area contributed by atoms with Crippen molar-refractivity contribution in [2.24, 2.45) is 0 Å². The van der Waals surface area contributed by atoms with Crippen LogP contribution in [0.4, 0.5) is 0 Å². The van der Waals surface area contributed by atoms with Crippen molar-refractivity contribution >= 4 is 28.5 Å². The van der Waals surface area contributed by atoms with Gasteiger partial charge in [-0.25, -0.2) is 4.79 Å². The fourth-order valence-corrected chi connectivity index (χ4v) is 2.90. The first kappa shape index (κ1) is 12.5. The van der Waals surface area contributed by atoms with Crippen LogP contribution in [0.3, 0.4) is 0 Å². The Bertz CT molecular complexity index is 629. The Morgan fingerprint density at radius 3 is 3.05 bits per heavy atom. The second-order valence-electron chi connectivity index (χ2n) is 4.77. The van der Waals surface area contributed by atoms with Gasteiger partial charge in [0.25, 0.3) is 0 Å². The van der Waals surface area contributed by atoms with Gasteiger partial charge in [-0.05, 0) is 25.0 Å². The minimum absolute atomic E-state index is 0.163. The number of carbonyl (C=O) groups is 1. The Labute approximate surface area is 115 Å². The van der Waals surface area contributed by atoms with Crippen molar-refractivity contribution in [3.8, 4) is 0 Å². The zero-order valence-corrected chi connectivity index (χ0v) is 11.1. The molecular weight excluding hydrogens is 266 g/mol. The Balaban J connectivity index is 2.09. The van der Waals surface area contributed by atoms with Crippen LogP contribution in [0.1, 0.15) is 23.2 Å². The molecule has 0 spiro atoms. The Kier molecular flexibility index (Phi) is 3.21. The van der Waals surface area contributed by atoms with Crippen molar-refractivity contribution in [2.45, 2.75) is 25.5 Å². The van der Waals surface area contributed by atoms with E-state index >= 15 is 0 Å². The first-order valence-corrected chi connectivity index (χ1v) is 6.67. The molecule has 19 heavy (non-hydrogen) atoms. The van der Waals surface area contributed by atoms with Crippen molar-refractivity contribution in [3.05, 3.63) is 35.0 Å². The van der Waals surface area contributed by atoms with Crippen molar-refractivity contribution in [1.29, 1.82) is 0 Å². The van der Waals surface area contributed by atoms with E-state index in [1.807, 2.05) is 16.7 Å². The molecule has 3 rings (SSSR count). The van der Waals surface area contributed by atoms with Crippen LogP contribution in [-0.2, 0) is 11.3 Å². The van der Waals surface area contributed by atoms with E-state index in [2.05, 4.69) is 0 Å². The predicted octanol–water partition coefficient (Wildman–Crippen LogP) is 3.17. The SMILES string of the molecule is O=C(O)c1cn(CC2CCCO2)c2cccc(Cl)c12. The van der Waals surface area contributed by atoms with Crippen molar-refractivity contribution in [1.82, 2.24) is 4.57 Å². The fourth-order valence-electron chi connectivity index (χ4n) is 2.63. The van der Waals surface area contributed by atoms with Gasteiger partial charge in [0.05, 0.1) is 22.2 Å². The summed E-state index contributed by atoms with van der Waals surface area (Å²) >= 11 is 6.13. The van der Waals surface area contributed by atoms with Gasteiger partial charge in [-0.2, -0.15) is 0 Å². The normalized spacial score (nSPS) is 19.1. The molecule has 1 saturated heterocycles. The quantitative estimate of drug-likeness (QED) is 0.939. The van der Waals surface area contributed by atoms with Crippen LogP contribution in [0.2, 0.25) is 5.02 Å². The number of ether oxygens (including phenoxy) is 1. The Morgan fingerprint density at radius 2 is 2.37 bits per heavy atom. The molecule has 2 aromatic rings. The lowest BCUT2D eigenvalue weighted by molar-refractivity contribution is 0.0697. The first-order valence-electron chi connectivity index (χ1n) is 6.29. The minimum atomic E-state index is -0.954. The molecule has 100 valence electrons. The maximum absolute atomic E-state index is 11.3. The third-order valence-corrected chi connectivity index (χ3v) is 3.83. The number of carboxylic acids is 1. The summed E-state index contributed by atoms with van der Waals surface area (Å²) in [6.07, 6.45) is 3.90. The molecule has 0 saturated carbocycles. The third kappa shape index (κ3) is 2.22. The summed E-state index contributed by atoms with van der Waals surface area (Å²) < 4.78 is 7.54. The molecule has 1 aromatic carbocycles. The van der Waals surface area contributed by atoms with E-state index in [1.54, 1.807) is 12.3 Å². The molecule has 4 nitrogen and oxygen atoms in total. The molecule has 1 unspecified atom stereocenters. The second-order valence-corrected chi connectivity index (χ2v) is 5.18. The van der Waals surface area contributed by atoms with Gasteiger partial charge in [-0.3, -0.25) is 0 Å². The van der Waals surface area contributed by atoms with Gasteiger partial charge in [-0.1, -0.05) is 17.7 Å². The van der Waals surface area contributed by atoms with Crippen molar-refractivity contribution in [2.75, 3.05) is 6.61 Å². The molecule has 1 aliphatic rings. The van der Waals surface area contributed by atoms with Gasteiger partial charge in [-0.15, -0.1) is 0 Å². The summed E-state index contributed by atoms with van der Waals surface area (Å²) in [5, 5.41) is 10.4. The van der Waals surface area contributed by atoms with Gasteiger partial charge in [0.1, 0.15) is 0 Å². The average Bonchev–Trinajstić information content (AvgIpc) is 2.99. The predicted molar refractivity (Wildman–Crippen MR) is 72.9 cm³/mol. The maximum Gasteiger partial charge on any atom is 0.337 e. The van der Waals surface area contributed by atoms with Gasteiger partial charge in [0, 0.05) is 24.7 Å². The van der Waals surface area contributed by atoms with E-state index < -0.39 is 5.97 Å². The monoisotopic (exact) mass is 279 g/mol. The van der Waals surface area contributed by atoms with Crippen LogP contribution in [-0.4, -0.2) is 28.4 Å². The number of carboxylic acid groups (broad SMARTS) is 1. The highest BCUT2D eigenvalue weighted by Gasteiger charge is 2.20. The van der Waals surface area contributed by atoms with Crippen LogP contribution in [0.25, 0.3) is 10.9 Å². The Hall–Kier alpha value is -1.52. The highest BCUT2D eigenvalue weighted by molar-refractivity contribution is 6.36. The first-order chi connectivity index (χ1) is 9.16. The molecule has 1 N–H and O–H groups in total. The largest absolute Gasteiger partial charge is 0.478 e. The molecule has 1 fully saturated rings. The summed E-state index contributed by atoms with van der Waals surface area (Å²) in [5.41, 5.74) is 1.10. The smallest absolute Gasteiger partial charge is 0.337 e. The van der Waals surface area contributed by atoms with Crippen molar-refractivity contribution in [3.63, 3.8) is 0 Å². The number of hydrogen-bond donors (Lipinski definition) is 1. The van der Waals surface area contributed by atoms with Crippen LogP contribution < -0.4 is 0 Å². The molecule has 1 aromatic heterocycles. The molecule has 5 heteroatoms. The summed E-state index contributed by atoms with van der Waals surface area (Å²) in [4.78, 5) is 11.3. The van der Waals surface area contributed by atoms with Crippen LogP contribution >= 0.6 is 11.6 Å². The van der Waals surface area contributed by atoms with Gasteiger partial charge in [0.15, 0.2) is 0 Å². The van der Waals surface area contributed by atoms with E-state index in [-0.39, 0.29) is 11.7 Å². The minimum Gasteiger partial charge on any atom is -0.478 e. The van der Waals surface area contributed by atoms with Crippen LogP contribution in [0.15, 0.2) is 24.4 Å². The molecule has 1 aliphatic heterocycles. The lowest BCUT2D eigenvalue weighted by Gasteiger charge is -2.11. The number of fused-ring (bicyclic) bond motifs is 1. The number of nitrogens with zero attached hydrogens (tertiary/aromatic N) is 1. The lowest BCUT2D eigenvalue weighted by Crippen LogP contribution is -2.14. The molecule has 0 radical (unpaired) electrons. The number of aromatic nitrogens is 1. The maximum atomic E-state index is 11.3. The summed E-state index contributed by atoms with van der Waals surface area (Å²) in [5.74, 6) is -0.954. The molecule has 0 bridgehead atoms. The second kappa shape index (κ2) is 4.87. The molecule has 1 atom stereocenters. The van der Waals surface area contributed by atoms with Gasteiger partial charge < -0.3 is 14.4 Å². The summed E-state index contributed by atoms with van der Waals surface area (Å²) in [7, 11) is 0. The van der Waals surface area contributed by atoms with Crippen molar-refractivity contribution < 1.29 is 14.6 Å². The zero-order valence-electron chi connectivity index (χ0n) is 10.3. The zero-order chi connectivity index (χ0) is 13.4. The van der Waals surface area contributed by atoms with Crippen LogP contribution in [0.5, 0.6) is 0 Å². The Morgan fingerprint density at radius 1 is 1.53 bits per heavy atom. The molecule has 0 amide bonds. The number of aromatic carboxylic acids is 1. The number of benzene rings is 1. The standard InChI is InChI=1S/C14H14ClNO3/c15-11-4-1-5-12-13(11)10(14(17)18)8-16(12)7-9-3-2-6-19-9/h1,4-5,8-9H,2-3,6-7H2,(H,17,18). The van der Waals surface area contributed by atoms with E-state index in [4.69, 9.17) is 16.3 Å². The van der Waals surface area contributed by atoms with E-state index in [0.717, 1.165) is 25.0 Å². The fraction of sp³-hybridized carbons (Fsp3) is 0.357. The highest BCUT2D eigenvalue weighted by atomic mass is 35.5. The third-order valence-electron chi connectivity index (χ3n) is 3.51. The topological polar surface area (TPSA) is 51.5 Å². The number of hydrogen-bond acceptors (Lipinski definition) is 2. The molecular formula is C14H14ClNO3. The van der Waals surface area contributed by atoms with Crippen LogP contribution in [0, 0.1) is 0 Å². The van der Waals surface area contributed by atoms with E-state index in [9.17, 15) is 9.90 Å². The number of rotatable bonds is 3.